The van der Waals surface area contributed by atoms with Gasteiger partial charge in [0.25, 0.3) is 5.82 Å². The van der Waals surface area contributed by atoms with Crippen molar-refractivity contribution in [1.29, 1.82) is 0 Å². The molecule has 0 atom stereocenters. The lowest BCUT2D eigenvalue weighted by Crippen LogP contribution is -2.15. The molecule has 0 fully saturated rings. The Morgan fingerprint density at radius 3 is 3.06 bits per heavy atom. The monoisotopic (exact) mass is 242 g/mol. The fourth-order valence-electron chi connectivity index (χ4n) is 1.06. The highest BCUT2D eigenvalue weighted by Crippen LogP contribution is 2.08. The van der Waals surface area contributed by atoms with Crippen LogP contribution < -0.4 is 10.7 Å². The Morgan fingerprint density at radius 2 is 2.44 bits per heavy atom. The zero-order valence-electron chi connectivity index (χ0n) is 8.87. The van der Waals surface area contributed by atoms with Crippen molar-refractivity contribution < 1.29 is 14.5 Å². The molecule has 1 aromatic rings. The normalized spacial score (nSPS) is 11.2. The Kier molecular flexibility index (Phi) is 4.72. The minimum atomic E-state index is -0.417. The van der Waals surface area contributed by atoms with E-state index in [1.54, 1.807) is 25.3 Å². The molecule has 6 heteroatoms. The molecule has 86 valence electrons. The number of nitrogen functional groups attached to an aromatic ring is 1. The van der Waals surface area contributed by atoms with Crippen LogP contribution in [-0.4, -0.2) is 24.3 Å². The molecule has 0 unspecified atom stereocenters. The SMILES string of the molecule is CCOC(=O)CN=C(Cl)c1ccc[nH+]c1N. The summed E-state index contributed by atoms with van der Waals surface area (Å²) in [6, 6.07) is 3.46. The molecule has 0 aliphatic rings. The smallest absolute Gasteiger partial charge is 0.327 e. The number of nitrogens with two attached hydrogens (primary N) is 1. The molecule has 0 saturated heterocycles. The number of hydrogen-bond acceptors (Lipinski definition) is 4. The van der Waals surface area contributed by atoms with E-state index in [1.807, 2.05) is 0 Å². The summed E-state index contributed by atoms with van der Waals surface area (Å²) in [5.74, 6) is -0.0146. The van der Waals surface area contributed by atoms with Crippen molar-refractivity contribution in [2.24, 2.45) is 4.99 Å². The van der Waals surface area contributed by atoms with E-state index >= 15 is 0 Å². The third-order valence-electron chi connectivity index (χ3n) is 1.76. The van der Waals surface area contributed by atoms with Crippen LogP contribution in [0.1, 0.15) is 12.5 Å². The van der Waals surface area contributed by atoms with Crippen LogP contribution in [0.4, 0.5) is 5.82 Å². The lowest BCUT2D eigenvalue weighted by atomic mass is 10.3. The molecule has 0 bridgehead atoms. The van der Waals surface area contributed by atoms with Gasteiger partial charge in [-0.25, -0.2) is 4.98 Å². The second-order valence-electron chi connectivity index (χ2n) is 2.91. The fraction of sp³-hybridized carbons (Fsp3) is 0.300. The molecule has 0 amide bonds. The number of H-pyrrole nitrogens is 1. The molecule has 0 aromatic carbocycles. The fourth-order valence-corrected chi connectivity index (χ4v) is 1.28. The van der Waals surface area contributed by atoms with Crippen LogP contribution in [0.3, 0.4) is 0 Å². The predicted molar refractivity (Wildman–Crippen MR) is 61.3 cm³/mol. The summed E-state index contributed by atoms with van der Waals surface area (Å²) >= 11 is 5.90. The van der Waals surface area contributed by atoms with Crippen molar-refractivity contribution in [3.8, 4) is 0 Å². The molecule has 0 saturated carbocycles. The lowest BCUT2D eigenvalue weighted by Gasteiger charge is -1.99. The number of aromatic amines is 1. The zero-order chi connectivity index (χ0) is 12.0. The molecule has 1 rings (SSSR count). The van der Waals surface area contributed by atoms with Gasteiger partial charge in [-0.1, -0.05) is 11.6 Å². The number of carbonyl (C=O) groups is 1. The summed E-state index contributed by atoms with van der Waals surface area (Å²) in [4.78, 5) is 17.7. The summed E-state index contributed by atoms with van der Waals surface area (Å²) in [5, 5.41) is 0.183. The van der Waals surface area contributed by atoms with Crippen molar-refractivity contribution in [3.63, 3.8) is 0 Å². The van der Waals surface area contributed by atoms with Crippen molar-refractivity contribution >= 4 is 28.6 Å². The van der Waals surface area contributed by atoms with Crippen LogP contribution in [0.15, 0.2) is 23.3 Å². The minimum Gasteiger partial charge on any atom is -0.465 e. The predicted octanol–water partition coefficient (Wildman–Crippen LogP) is 0.631. The van der Waals surface area contributed by atoms with Crippen molar-refractivity contribution in [1.82, 2.24) is 0 Å². The highest BCUT2D eigenvalue weighted by Gasteiger charge is 2.09. The standard InChI is InChI=1S/C10H12ClN3O2/c1-2-16-8(15)6-14-9(11)7-4-3-5-13-10(7)12/h3-5H,2,6H2,1H3,(H2,12,13)/p+1. The van der Waals surface area contributed by atoms with Crippen molar-refractivity contribution in [2.45, 2.75) is 6.92 Å². The van der Waals surface area contributed by atoms with Crippen LogP contribution in [0, 0.1) is 0 Å². The van der Waals surface area contributed by atoms with E-state index in [4.69, 9.17) is 22.1 Å². The highest BCUT2D eigenvalue weighted by molar-refractivity contribution is 6.70. The van der Waals surface area contributed by atoms with Gasteiger partial charge in [0.05, 0.1) is 12.8 Å². The molecule has 5 nitrogen and oxygen atoms in total. The average Bonchev–Trinajstić information content (AvgIpc) is 2.27. The van der Waals surface area contributed by atoms with Gasteiger partial charge < -0.3 is 4.74 Å². The van der Waals surface area contributed by atoms with Gasteiger partial charge in [-0.15, -0.1) is 0 Å². The Bertz CT molecular complexity index is 407. The van der Waals surface area contributed by atoms with Crippen LogP contribution in [0.25, 0.3) is 0 Å². The van der Waals surface area contributed by atoms with E-state index in [9.17, 15) is 4.79 Å². The van der Waals surface area contributed by atoms with Gasteiger partial charge in [0.15, 0.2) is 0 Å². The first-order chi connectivity index (χ1) is 7.65. The van der Waals surface area contributed by atoms with Gasteiger partial charge in [-0.3, -0.25) is 15.5 Å². The van der Waals surface area contributed by atoms with Gasteiger partial charge in [0, 0.05) is 0 Å². The quantitative estimate of drug-likeness (QED) is 0.621. The molecule has 0 aliphatic heterocycles. The van der Waals surface area contributed by atoms with Crippen molar-refractivity contribution in [2.75, 3.05) is 18.9 Å². The van der Waals surface area contributed by atoms with Gasteiger partial charge in [-0.05, 0) is 19.1 Å². The average molecular weight is 243 g/mol. The number of rotatable bonds is 4. The van der Waals surface area contributed by atoms with Gasteiger partial charge in [0.2, 0.25) is 0 Å². The Labute approximate surface area is 98.3 Å². The van der Waals surface area contributed by atoms with Gasteiger partial charge in [0.1, 0.15) is 17.3 Å². The number of nitrogens with one attached hydrogen (secondary N) is 1. The number of nitrogens with zero attached hydrogens (tertiary/aromatic N) is 1. The van der Waals surface area contributed by atoms with E-state index in [0.717, 1.165) is 0 Å². The van der Waals surface area contributed by atoms with E-state index < -0.39 is 5.97 Å². The molecule has 16 heavy (non-hydrogen) atoms. The highest BCUT2D eigenvalue weighted by atomic mass is 35.5. The van der Waals surface area contributed by atoms with E-state index in [0.29, 0.717) is 18.0 Å². The Morgan fingerprint density at radius 1 is 1.69 bits per heavy atom. The molecule has 0 radical (unpaired) electrons. The summed E-state index contributed by atoms with van der Waals surface area (Å²) < 4.78 is 4.71. The molecule has 0 spiro atoms. The third-order valence-corrected chi connectivity index (χ3v) is 2.09. The second-order valence-corrected chi connectivity index (χ2v) is 3.27. The number of esters is 1. The number of carbonyl (C=O) groups excluding carboxylic acids is 1. The number of pyridine rings is 1. The van der Waals surface area contributed by atoms with Crippen LogP contribution in [-0.2, 0) is 9.53 Å². The molecular formula is C10H13ClN3O2+. The number of halogens is 1. The van der Waals surface area contributed by atoms with Gasteiger partial charge >= 0.3 is 5.97 Å². The Balaban J connectivity index is 2.71. The largest absolute Gasteiger partial charge is 0.465 e. The second kappa shape index (κ2) is 6.07. The number of hydrogen-bond donors (Lipinski definition) is 1. The maximum absolute atomic E-state index is 11.0. The summed E-state index contributed by atoms with van der Waals surface area (Å²) in [6.45, 7) is 1.95. The van der Waals surface area contributed by atoms with Crippen LogP contribution >= 0.6 is 11.6 Å². The lowest BCUT2D eigenvalue weighted by molar-refractivity contribution is -0.360. The summed E-state index contributed by atoms with van der Waals surface area (Å²) in [7, 11) is 0. The first kappa shape index (κ1) is 12.4. The molecule has 1 heterocycles. The number of anilines is 1. The van der Waals surface area contributed by atoms with E-state index in [1.165, 1.54) is 0 Å². The van der Waals surface area contributed by atoms with Crippen molar-refractivity contribution in [3.05, 3.63) is 23.9 Å². The summed E-state index contributed by atoms with van der Waals surface area (Å²) in [6.07, 6.45) is 1.67. The van der Waals surface area contributed by atoms with Gasteiger partial charge in [-0.2, -0.15) is 0 Å². The maximum atomic E-state index is 11.0. The number of ether oxygens (including phenoxy) is 1. The number of aromatic nitrogens is 1. The third kappa shape index (κ3) is 3.51. The van der Waals surface area contributed by atoms with E-state index in [-0.39, 0.29) is 11.7 Å². The van der Waals surface area contributed by atoms with Crippen LogP contribution in [0.5, 0.6) is 0 Å². The Hall–Kier alpha value is -1.62. The van der Waals surface area contributed by atoms with Crippen LogP contribution in [0.2, 0.25) is 0 Å². The first-order valence-corrected chi connectivity index (χ1v) is 5.15. The molecule has 0 aliphatic carbocycles. The molecular weight excluding hydrogens is 230 g/mol. The first-order valence-electron chi connectivity index (χ1n) is 4.77. The molecule has 3 N–H and O–H groups in total. The zero-order valence-corrected chi connectivity index (χ0v) is 9.62. The summed E-state index contributed by atoms with van der Waals surface area (Å²) in [5.41, 5.74) is 6.21. The molecule has 1 aromatic heterocycles. The van der Waals surface area contributed by atoms with E-state index in [2.05, 4.69) is 9.98 Å². The minimum absolute atomic E-state index is 0.110. The maximum Gasteiger partial charge on any atom is 0.327 e. The number of aliphatic imine (C=N–C) groups is 1. The topological polar surface area (TPSA) is 78.8 Å².